The van der Waals surface area contributed by atoms with Gasteiger partial charge < -0.3 is 15.2 Å². The van der Waals surface area contributed by atoms with Crippen molar-refractivity contribution in [3.05, 3.63) is 22.2 Å². The molecule has 2 N–H and O–H groups in total. The van der Waals surface area contributed by atoms with Crippen LogP contribution in [0.1, 0.15) is 24.4 Å². The Morgan fingerprint density at radius 1 is 1.35 bits per heavy atom. The van der Waals surface area contributed by atoms with Crippen LogP contribution in [0.4, 0.5) is 0 Å². The number of benzene rings is 1. The second-order valence-corrected chi connectivity index (χ2v) is 6.43. The van der Waals surface area contributed by atoms with Crippen LogP contribution < -0.4 is 10.1 Å². The van der Waals surface area contributed by atoms with E-state index < -0.39 is 0 Å². The zero-order chi connectivity index (χ0) is 14.1. The average molecular weight is 341 g/mol. The molecule has 0 aromatic heterocycles. The Morgan fingerprint density at radius 3 is 2.65 bits per heavy atom. The summed E-state index contributed by atoms with van der Waals surface area (Å²) < 4.78 is 6.25. The fraction of sp³-hybridized carbons (Fsp3) is 0.600. The van der Waals surface area contributed by atoms with Gasteiger partial charge in [0.15, 0.2) is 11.5 Å². The van der Waals surface area contributed by atoms with Gasteiger partial charge in [-0.1, -0.05) is 15.9 Å². The summed E-state index contributed by atoms with van der Waals surface area (Å²) in [6.07, 6.45) is 2.50. The maximum absolute atomic E-state index is 10.6. The minimum Gasteiger partial charge on any atom is -0.504 e. The average Bonchev–Trinajstić information content (AvgIpc) is 3.29. The SMILES string of the molecule is COc1ccc(Br)c([C@@H](C2CC2)N2CCNCC2)c1O. The highest BCUT2D eigenvalue weighted by atomic mass is 79.9. The van der Waals surface area contributed by atoms with E-state index in [0.29, 0.717) is 17.7 Å². The maximum atomic E-state index is 10.6. The van der Waals surface area contributed by atoms with Crippen LogP contribution in [0, 0.1) is 5.92 Å². The minimum absolute atomic E-state index is 0.289. The fourth-order valence-corrected chi connectivity index (χ4v) is 3.65. The second kappa shape index (κ2) is 5.92. The summed E-state index contributed by atoms with van der Waals surface area (Å²) in [4.78, 5) is 2.49. The zero-order valence-corrected chi connectivity index (χ0v) is 13.3. The van der Waals surface area contributed by atoms with E-state index in [2.05, 4.69) is 26.1 Å². The molecular formula is C15H21BrN2O2. The molecule has 0 unspecified atom stereocenters. The molecule has 0 amide bonds. The van der Waals surface area contributed by atoms with Gasteiger partial charge in [0.2, 0.25) is 0 Å². The van der Waals surface area contributed by atoms with Crippen molar-refractivity contribution in [3.8, 4) is 11.5 Å². The summed E-state index contributed by atoms with van der Waals surface area (Å²) in [6, 6.07) is 4.08. The monoisotopic (exact) mass is 340 g/mol. The normalized spacial score (nSPS) is 21.7. The Kier molecular flexibility index (Phi) is 4.19. The molecule has 1 aliphatic heterocycles. The molecule has 5 heteroatoms. The number of nitrogens with one attached hydrogen (secondary N) is 1. The van der Waals surface area contributed by atoms with Crippen molar-refractivity contribution >= 4 is 15.9 Å². The molecule has 2 aliphatic rings. The van der Waals surface area contributed by atoms with Gasteiger partial charge in [-0.3, -0.25) is 4.90 Å². The van der Waals surface area contributed by atoms with Crippen LogP contribution in [-0.4, -0.2) is 43.3 Å². The third kappa shape index (κ3) is 2.67. The molecule has 1 heterocycles. The van der Waals surface area contributed by atoms with E-state index in [1.54, 1.807) is 7.11 Å². The van der Waals surface area contributed by atoms with Crippen LogP contribution >= 0.6 is 15.9 Å². The summed E-state index contributed by atoms with van der Waals surface area (Å²) in [5, 5.41) is 13.9. The summed E-state index contributed by atoms with van der Waals surface area (Å²) >= 11 is 3.62. The van der Waals surface area contributed by atoms with Crippen molar-refractivity contribution in [2.24, 2.45) is 5.92 Å². The number of phenolic OH excluding ortho intramolecular Hbond substituents is 1. The van der Waals surface area contributed by atoms with E-state index in [1.165, 1.54) is 12.8 Å². The highest BCUT2D eigenvalue weighted by Crippen LogP contribution is 2.50. The van der Waals surface area contributed by atoms with E-state index in [9.17, 15) is 5.11 Å². The molecule has 4 nitrogen and oxygen atoms in total. The molecule has 3 rings (SSSR count). The molecule has 0 bridgehead atoms. The van der Waals surface area contributed by atoms with Crippen molar-refractivity contribution in [1.29, 1.82) is 0 Å². The van der Waals surface area contributed by atoms with Crippen molar-refractivity contribution in [2.45, 2.75) is 18.9 Å². The molecule has 1 aliphatic carbocycles. The Labute approximate surface area is 128 Å². The third-order valence-corrected chi connectivity index (χ3v) is 4.95. The van der Waals surface area contributed by atoms with Crippen molar-refractivity contribution < 1.29 is 9.84 Å². The Balaban J connectivity index is 1.98. The lowest BCUT2D eigenvalue weighted by atomic mass is 9.98. The lowest BCUT2D eigenvalue weighted by Gasteiger charge is -2.36. The Hall–Kier alpha value is -0.780. The predicted molar refractivity (Wildman–Crippen MR) is 82.3 cm³/mol. The first-order valence-electron chi connectivity index (χ1n) is 7.22. The van der Waals surface area contributed by atoms with Crippen LogP contribution in [0.25, 0.3) is 0 Å². The van der Waals surface area contributed by atoms with Gasteiger partial charge in [-0.25, -0.2) is 0 Å². The van der Waals surface area contributed by atoms with Crippen LogP contribution in [0.3, 0.4) is 0 Å². The number of nitrogens with zero attached hydrogens (tertiary/aromatic N) is 1. The van der Waals surface area contributed by atoms with Gasteiger partial charge in [-0.15, -0.1) is 0 Å². The molecule has 0 radical (unpaired) electrons. The summed E-state index contributed by atoms with van der Waals surface area (Å²) in [7, 11) is 1.60. The first-order chi connectivity index (χ1) is 9.72. The molecule has 1 saturated heterocycles. The van der Waals surface area contributed by atoms with Crippen LogP contribution in [0.15, 0.2) is 16.6 Å². The highest BCUT2D eigenvalue weighted by molar-refractivity contribution is 9.10. The number of ether oxygens (including phenoxy) is 1. The second-order valence-electron chi connectivity index (χ2n) is 5.58. The maximum Gasteiger partial charge on any atom is 0.163 e. The molecule has 1 aromatic rings. The van der Waals surface area contributed by atoms with Gasteiger partial charge in [0, 0.05) is 42.3 Å². The summed E-state index contributed by atoms with van der Waals surface area (Å²) in [5.41, 5.74) is 0.994. The number of rotatable bonds is 4. The molecule has 0 spiro atoms. The molecule has 1 saturated carbocycles. The lowest BCUT2D eigenvalue weighted by molar-refractivity contribution is 0.152. The molecular weight excluding hydrogens is 320 g/mol. The van der Waals surface area contributed by atoms with Gasteiger partial charge in [0.05, 0.1) is 7.11 Å². The van der Waals surface area contributed by atoms with Crippen LogP contribution in [0.5, 0.6) is 11.5 Å². The van der Waals surface area contributed by atoms with Crippen molar-refractivity contribution in [3.63, 3.8) is 0 Å². The van der Waals surface area contributed by atoms with Gasteiger partial charge in [0.1, 0.15) is 0 Å². The number of aromatic hydroxyl groups is 1. The number of methoxy groups -OCH3 is 1. The van der Waals surface area contributed by atoms with Gasteiger partial charge in [-0.2, -0.15) is 0 Å². The van der Waals surface area contributed by atoms with Crippen LogP contribution in [-0.2, 0) is 0 Å². The molecule has 1 aromatic carbocycles. The van der Waals surface area contributed by atoms with E-state index >= 15 is 0 Å². The largest absolute Gasteiger partial charge is 0.504 e. The molecule has 1 atom stereocenters. The van der Waals surface area contributed by atoms with E-state index in [0.717, 1.165) is 36.2 Å². The van der Waals surface area contributed by atoms with Crippen molar-refractivity contribution in [2.75, 3.05) is 33.3 Å². The topological polar surface area (TPSA) is 44.7 Å². The standard InChI is InChI=1S/C15H21BrN2O2/c1-20-12-5-4-11(16)13(15(12)19)14(10-2-3-10)18-8-6-17-7-9-18/h4-5,10,14,17,19H,2-3,6-9H2,1H3/t14-/m1/s1. The smallest absolute Gasteiger partial charge is 0.163 e. The summed E-state index contributed by atoms with van der Waals surface area (Å²) in [6.45, 7) is 4.10. The quantitative estimate of drug-likeness (QED) is 0.883. The zero-order valence-electron chi connectivity index (χ0n) is 11.7. The number of piperazine rings is 1. The summed E-state index contributed by atoms with van der Waals surface area (Å²) in [5.74, 6) is 1.50. The third-order valence-electron chi connectivity index (χ3n) is 4.26. The molecule has 110 valence electrons. The molecule has 2 fully saturated rings. The Morgan fingerprint density at radius 2 is 2.05 bits per heavy atom. The highest BCUT2D eigenvalue weighted by Gasteiger charge is 2.39. The first-order valence-corrected chi connectivity index (χ1v) is 8.01. The van der Waals surface area contributed by atoms with E-state index in [1.807, 2.05) is 12.1 Å². The fourth-order valence-electron chi connectivity index (χ4n) is 3.10. The van der Waals surface area contributed by atoms with E-state index in [4.69, 9.17) is 4.74 Å². The minimum atomic E-state index is 0.289. The first kappa shape index (κ1) is 14.2. The number of phenols is 1. The van der Waals surface area contributed by atoms with E-state index in [-0.39, 0.29) is 5.75 Å². The lowest BCUT2D eigenvalue weighted by Crippen LogP contribution is -2.45. The van der Waals surface area contributed by atoms with Gasteiger partial charge in [0.25, 0.3) is 0 Å². The van der Waals surface area contributed by atoms with Gasteiger partial charge in [-0.05, 0) is 30.9 Å². The predicted octanol–water partition coefficient (Wildman–Crippen LogP) is 2.52. The Bertz CT molecular complexity index is 485. The van der Waals surface area contributed by atoms with Crippen LogP contribution in [0.2, 0.25) is 0 Å². The number of halogens is 1. The number of hydrogen-bond donors (Lipinski definition) is 2. The van der Waals surface area contributed by atoms with Gasteiger partial charge >= 0.3 is 0 Å². The molecule has 20 heavy (non-hydrogen) atoms. The van der Waals surface area contributed by atoms with Crippen molar-refractivity contribution in [1.82, 2.24) is 10.2 Å². The number of hydrogen-bond acceptors (Lipinski definition) is 4.